The van der Waals surface area contributed by atoms with Gasteiger partial charge in [0.05, 0.1) is 0 Å². The van der Waals surface area contributed by atoms with E-state index >= 15 is 0 Å². The Morgan fingerprint density at radius 2 is 1.94 bits per heavy atom. The lowest BCUT2D eigenvalue weighted by Crippen LogP contribution is -2.18. The number of rotatable bonds is 4. The number of benzene rings is 1. The van der Waals surface area contributed by atoms with Gasteiger partial charge in [-0.2, -0.15) is 0 Å². The fourth-order valence-electron chi connectivity index (χ4n) is 1.82. The van der Waals surface area contributed by atoms with Crippen LogP contribution in [0.4, 0.5) is 0 Å². The van der Waals surface area contributed by atoms with Gasteiger partial charge < -0.3 is 0 Å². The second-order valence-electron chi connectivity index (χ2n) is 5.09. The summed E-state index contributed by atoms with van der Waals surface area (Å²) in [6.07, 6.45) is 1.06. The molecule has 0 radical (unpaired) electrons. The van der Waals surface area contributed by atoms with Crippen molar-refractivity contribution < 1.29 is 4.79 Å². The van der Waals surface area contributed by atoms with Crippen LogP contribution in [0.15, 0.2) is 29.4 Å². The van der Waals surface area contributed by atoms with E-state index in [-0.39, 0.29) is 11.8 Å². The van der Waals surface area contributed by atoms with Gasteiger partial charge in [-0.25, -0.2) is 0 Å². The summed E-state index contributed by atoms with van der Waals surface area (Å²) < 4.78 is 0. The molecule has 0 saturated heterocycles. The molecule has 1 aromatic carbocycles. The second-order valence-corrected chi connectivity index (χ2v) is 5.09. The zero-order chi connectivity index (χ0) is 12.9. The Labute approximate surface area is 101 Å². The van der Waals surface area contributed by atoms with E-state index in [1.165, 1.54) is 11.1 Å². The van der Waals surface area contributed by atoms with E-state index in [1.807, 2.05) is 20.8 Å². The average molecular weight is 231 g/mol. The van der Waals surface area contributed by atoms with Crippen LogP contribution in [0.25, 0.3) is 10.4 Å². The van der Waals surface area contributed by atoms with Crippen LogP contribution in [0.5, 0.6) is 0 Å². The SMILES string of the molecule is Cc1ccc(CC(C)(C)CC(=O)N=[N+]=[N-])cc1. The quantitative estimate of drug-likeness (QED) is 0.441. The van der Waals surface area contributed by atoms with Gasteiger partial charge in [-0.3, -0.25) is 4.79 Å². The Morgan fingerprint density at radius 3 is 2.47 bits per heavy atom. The normalized spacial score (nSPS) is 10.8. The Morgan fingerprint density at radius 1 is 1.35 bits per heavy atom. The smallest absolute Gasteiger partial charge is 0.219 e. The fourth-order valence-corrected chi connectivity index (χ4v) is 1.82. The van der Waals surface area contributed by atoms with Crippen LogP contribution in [0.3, 0.4) is 0 Å². The van der Waals surface area contributed by atoms with Crippen LogP contribution in [-0.2, 0) is 11.2 Å². The van der Waals surface area contributed by atoms with Gasteiger partial charge >= 0.3 is 0 Å². The minimum absolute atomic E-state index is 0.194. The molecule has 0 unspecified atom stereocenters. The predicted octanol–water partition coefficient (Wildman–Crippen LogP) is 3.79. The molecule has 0 aliphatic heterocycles. The summed E-state index contributed by atoms with van der Waals surface area (Å²) >= 11 is 0. The molecule has 4 heteroatoms. The molecular weight excluding hydrogens is 214 g/mol. The van der Waals surface area contributed by atoms with Crippen molar-refractivity contribution in [2.75, 3.05) is 0 Å². The maximum Gasteiger partial charge on any atom is 0.219 e. The van der Waals surface area contributed by atoms with Crippen LogP contribution in [0.2, 0.25) is 0 Å². The molecule has 0 spiro atoms. The molecule has 0 saturated carbocycles. The molecule has 1 aromatic rings. The number of carbonyl (C=O) groups excluding carboxylic acids is 1. The third kappa shape index (κ3) is 4.70. The number of carbonyl (C=O) groups is 1. The monoisotopic (exact) mass is 231 g/mol. The molecule has 0 heterocycles. The Kier molecular flexibility index (Phi) is 4.30. The highest BCUT2D eigenvalue weighted by Crippen LogP contribution is 2.26. The lowest BCUT2D eigenvalue weighted by Gasteiger charge is -2.23. The molecule has 90 valence electrons. The second kappa shape index (κ2) is 5.51. The van der Waals surface area contributed by atoms with E-state index in [4.69, 9.17) is 5.53 Å². The van der Waals surface area contributed by atoms with Crippen LogP contribution < -0.4 is 0 Å². The Hall–Kier alpha value is -1.80. The lowest BCUT2D eigenvalue weighted by molar-refractivity contribution is -0.119. The lowest BCUT2D eigenvalue weighted by atomic mass is 9.82. The summed E-state index contributed by atoms with van der Waals surface area (Å²) in [5.74, 6) is -0.399. The van der Waals surface area contributed by atoms with Gasteiger partial charge in [-0.15, -0.1) is 0 Å². The van der Waals surface area contributed by atoms with E-state index < -0.39 is 5.91 Å². The van der Waals surface area contributed by atoms with Crippen LogP contribution in [-0.4, -0.2) is 5.91 Å². The van der Waals surface area contributed by atoms with Gasteiger partial charge in [0.25, 0.3) is 0 Å². The first-order chi connectivity index (χ1) is 7.93. The molecule has 1 rings (SSSR count). The summed E-state index contributed by atoms with van der Waals surface area (Å²) in [4.78, 5) is 13.8. The zero-order valence-corrected chi connectivity index (χ0v) is 10.5. The van der Waals surface area contributed by atoms with Crippen molar-refractivity contribution in [1.29, 1.82) is 0 Å². The summed E-state index contributed by atoms with van der Waals surface area (Å²) in [5.41, 5.74) is 10.4. The number of nitrogens with zero attached hydrogens (tertiary/aromatic N) is 3. The third-order valence-electron chi connectivity index (χ3n) is 2.59. The maximum atomic E-state index is 11.3. The summed E-state index contributed by atoms with van der Waals surface area (Å²) in [5, 5.41) is 3.11. The van der Waals surface area contributed by atoms with Crippen molar-refractivity contribution in [2.24, 2.45) is 10.5 Å². The van der Waals surface area contributed by atoms with Gasteiger partial charge in [-0.05, 0) is 35.0 Å². The predicted molar refractivity (Wildman–Crippen MR) is 67.4 cm³/mol. The summed E-state index contributed by atoms with van der Waals surface area (Å²) in [6.45, 7) is 6.04. The van der Waals surface area contributed by atoms with Gasteiger partial charge in [0.2, 0.25) is 5.91 Å². The summed E-state index contributed by atoms with van der Waals surface area (Å²) in [7, 11) is 0. The van der Waals surface area contributed by atoms with E-state index in [1.54, 1.807) is 0 Å². The van der Waals surface area contributed by atoms with Crippen LogP contribution >= 0.6 is 0 Å². The van der Waals surface area contributed by atoms with Crippen LogP contribution in [0, 0.1) is 12.3 Å². The molecule has 0 fully saturated rings. The molecule has 0 aliphatic rings. The van der Waals surface area contributed by atoms with Crippen molar-refractivity contribution in [3.05, 3.63) is 45.8 Å². The highest BCUT2D eigenvalue weighted by atomic mass is 16.1. The highest BCUT2D eigenvalue weighted by Gasteiger charge is 2.21. The number of aryl methyl sites for hydroxylation is 1. The molecule has 4 nitrogen and oxygen atoms in total. The van der Waals surface area contributed by atoms with Crippen molar-refractivity contribution >= 4 is 5.91 Å². The first-order valence-electron chi connectivity index (χ1n) is 5.56. The van der Waals surface area contributed by atoms with Crippen molar-refractivity contribution in [1.82, 2.24) is 0 Å². The maximum absolute atomic E-state index is 11.3. The minimum atomic E-state index is -0.399. The fraction of sp³-hybridized carbons (Fsp3) is 0.462. The third-order valence-corrected chi connectivity index (χ3v) is 2.59. The summed E-state index contributed by atoms with van der Waals surface area (Å²) in [6, 6.07) is 8.24. The zero-order valence-electron chi connectivity index (χ0n) is 10.5. The molecule has 0 atom stereocenters. The van der Waals surface area contributed by atoms with E-state index in [9.17, 15) is 4.79 Å². The molecule has 0 aromatic heterocycles. The number of hydrogen-bond donors (Lipinski definition) is 0. The van der Waals surface area contributed by atoms with E-state index in [0.717, 1.165) is 6.42 Å². The average Bonchev–Trinajstić information content (AvgIpc) is 2.20. The molecule has 0 bridgehead atoms. The van der Waals surface area contributed by atoms with Gasteiger partial charge in [-0.1, -0.05) is 43.7 Å². The first kappa shape index (κ1) is 13.3. The van der Waals surface area contributed by atoms with Crippen molar-refractivity contribution in [2.45, 2.75) is 33.6 Å². The Balaban J connectivity index is 2.68. The van der Waals surface area contributed by atoms with Crippen molar-refractivity contribution in [3.63, 3.8) is 0 Å². The number of azide groups is 1. The standard InChI is InChI=1S/C13H17N3O/c1-10-4-6-11(7-5-10)8-13(2,3)9-12(17)15-16-14/h4-7H,8-9H2,1-3H3. The van der Waals surface area contributed by atoms with E-state index in [2.05, 4.69) is 34.3 Å². The topological polar surface area (TPSA) is 65.8 Å². The van der Waals surface area contributed by atoms with Gasteiger partial charge in [0.15, 0.2) is 0 Å². The molecule has 1 amide bonds. The number of amides is 1. The van der Waals surface area contributed by atoms with Gasteiger partial charge in [0.1, 0.15) is 0 Å². The highest BCUT2D eigenvalue weighted by molar-refractivity contribution is 5.77. The molecular formula is C13H17N3O. The largest absolute Gasteiger partial charge is 0.293 e. The Bertz CT molecular complexity index is 442. The van der Waals surface area contributed by atoms with Gasteiger partial charge in [0, 0.05) is 11.3 Å². The van der Waals surface area contributed by atoms with E-state index in [0.29, 0.717) is 0 Å². The first-order valence-corrected chi connectivity index (χ1v) is 5.56. The molecule has 0 N–H and O–H groups in total. The minimum Gasteiger partial charge on any atom is -0.293 e. The van der Waals surface area contributed by atoms with Crippen LogP contribution in [0.1, 0.15) is 31.4 Å². The number of hydrogen-bond acceptors (Lipinski definition) is 1. The molecule has 0 aliphatic carbocycles. The molecule has 17 heavy (non-hydrogen) atoms. The van der Waals surface area contributed by atoms with Crippen molar-refractivity contribution in [3.8, 4) is 0 Å².